The van der Waals surface area contributed by atoms with Crippen LogP contribution in [0.5, 0.6) is 5.75 Å². The predicted molar refractivity (Wildman–Crippen MR) is 86.6 cm³/mol. The first kappa shape index (κ1) is 15.0. The van der Waals surface area contributed by atoms with E-state index in [1.807, 2.05) is 0 Å². The smallest absolute Gasteiger partial charge is 0.225 e. The summed E-state index contributed by atoms with van der Waals surface area (Å²) < 4.78 is 19.2. The zero-order valence-electron chi connectivity index (χ0n) is 13.5. The molecular weight excluding hydrogens is 311 g/mol. The second-order valence-electron chi connectivity index (χ2n) is 6.16. The van der Waals surface area contributed by atoms with Gasteiger partial charge in [-0.3, -0.25) is 0 Å². The van der Waals surface area contributed by atoms with Gasteiger partial charge in [-0.05, 0) is 18.8 Å². The Bertz CT molecular complexity index is 712. The van der Waals surface area contributed by atoms with E-state index < -0.39 is 0 Å². The van der Waals surface area contributed by atoms with Crippen molar-refractivity contribution in [3.63, 3.8) is 0 Å². The molecule has 2 aliphatic rings. The number of aromatic nitrogens is 4. The highest BCUT2D eigenvalue weighted by atomic mass is 19.1. The predicted octanol–water partition coefficient (Wildman–Crippen LogP) is 1.52. The molecular formula is C16H19FN6O. The number of hydrogen-bond donors (Lipinski definition) is 0. The highest BCUT2D eigenvalue weighted by molar-refractivity contribution is 5.44. The van der Waals surface area contributed by atoms with Gasteiger partial charge in [0.05, 0.1) is 31.7 Å². The monoisotopic (exact) mass is 330 g/mol. The Balaban J connectivity index is 1.55. The largest absolute Gasteiger partial charge is 0.494 e. The average molecular weight is 330 g/mol. The molecule has 4 rings (SSSR count). The zero-order chi connectivity index (χ0) is 16.5. The molecule has 0 aromatic carbocycles. The summed E-state index contributed by atoms with van der Waals surface area (Å²) in [6, 6.07) is 0.217. The molecule has 2 aromatic rings. The molecule has 0 aliphatic carbocycles. The molecule has 0 saturated carbocycles. The fourth-order valence-corrected chi connectivity index (χ4v) is 3.68. The van der Waals surface area contributed by atoms with Gasteiger partial charge in [-0.25, -0.2) is 24.3 Å². The maximum absolute atomic E-state index is 14.1. The number of nitrogens with zero attached hydrogens (tertiary/aromatic N) is 6. The number of fused-ring (bicyclic) bond motifs is 1. The van der Waals surface area contributed by atoms with Gasteiger partial charge >= 0.3 is 0 Å². The third kappa shape index (κ3) is 2.61. The molecule has 0 amide bonds. The third-order valence-electron chi connectivity index (χ3n) is 4.92. The first-order valence-electron chi connectivity index (χ1n) is 8.09. The Labute approximate surface area is 139 Å². The molecule has 24 heavy (non-hydrogen) atoms. The van der Waals surface area contributed by atoms with Crippen LogP contribution in [0, 0.1) is 11.7 Å². The average Bonchev–Trinajstić information content (AvgIpc) is 3.05. The second kappa shape index (κ2) is 6.18. The summed E-state index contributed by atoms with van der Waals surface area (Å²) in [4.78, 5) is 20.9. The van der Waals surface area contributed by atoms with Crippen molar-refractivity contribution in [2.75, 3.05) is 36.5 Å². The number of ether oxygens (including phenoxy) is 1. The van der Waals surface area contributed by atoms with Crippen LogP contribution in [0.3, 0.4) is 0 Å². The topological polar surface area (TPSA) is 67.3 Å². The van der Waals surface area contributed by atoms with Crippen LogP contribution in [-0.4, -0.2) is 52.7 Å². The van der Waals surface area contributed by atoms with Crippen molar-refractivity contribution in [1.29, 1.82) is 0 Å². The number of hydrogen-bond acceptors (Lipinski definition) is 7. The van der Waals surface area contributed by atoms with Crippen LogP contribution >= 0.6 is 0 Å². The van der Waals surface area contributed by atoms with E-state index in [2.05, 4.69) is 29.7 Å². The molecule has 7 nitrogen and oxygen atoms in total. The lowest BCUT2D eigenvalue weighted by Gasteiger charge is -2.38. The Kier molecular flexibility index (Phi) is 3.87. The number of halogens is 1. The molecule has 126 valence electrons. The van der Waals surface area contributed by atoms with E-state index in [4.69, 9.17) is 4.74 Å². The number of anilines is 2. The van der Waals surface area contributed by atoms with E-state index >= 15 is 0 Å². The van der Waals surface area contributed by atoms with Crippen LogP contribution < -0.4 is 14.5 Å². The number of rotatable bonds is 3. The van der Waals surface area contributed by atoms with Crippen LogP contribution in [-0.2, 0) is 0 Å². The van der Waals surface area contributed by atoms with Crippen LogP contribution in [0.1, 0.15) is 12.8 Å². The van der Waals surface area contributed by atoms with Crippen molar-refractivity contribution in [2.24, 2.45) is 5.92 Å². The molecule has 8 heteroatoms. The van der Waals surface area contributed by atoms with Crippen LogP contribution in [0.15, 0.2) is 24.9 Å². The quantitative estimate of drug-likeness (QED) is 0.845. The van der Waals surface area contributed by atoms with Gasteiger partial charge in [0.25, 0.3) is 0 Å². The van der Waals surface area contributed by atoms with Gasteiger partial charge in [-0.15, -0.1) is 0 Å². The van der Waals surface area contributed by atoms with Crippen LogP contribution in [0.25, 0.3) is 0 Å². The molecule has 2 unspecified atom stereocenters. The maximum atomic E-state index is 14.1. The highest BCUT2D eigenvalue weighted by Crippen LogP contribution is 2.35. The van der Waals surface area contributed by atoms with E-state index in [-0.39, 0.29) is 11.9 Å². The fraction of sp³-hybridized carbons (Fsp3) is 0.500. The van der Waals surface area contributed by atoms with Crippen molar-refractivity contribution < 1.29 is 9.13 Å². The second-order valence-corrected chi connectivity index (χ2v) is 6.16. The molecule has 0 radical (unpaired) electrons. The number of methoxy groups -OCH3 is 1. The highest BCUT2D eigenvalue weighted by Gasteiger charge is 2.40. The molecule has 0 N–H and O–H groups in total. The molecule has 0 spiro atoms. The van der Waals surface area contributed by atoms with Crippen molar-refractivity contribution in [3.8, 4) is 5.75 Å². The van der Waals surface area contributed by atoms with Crippen molar-refractivity contribution in [3.05, 3.63) is 30.7 Å². The molecule has 4 heterocycles. The van der Waals surface area contributed by atoms with E-state index in [1.165, 1.54) is 12.5 Å². The molecule has 2 aliphatic heterocycles. The van der Waals surface area contributed by atoms with E-state index in [0.29, 0.717) is 23.4 Å². The van der Waals surface area contributed by atoms with Crippen molar-refractivity contribution in [1.82, 2.24) is 19.9 Å². The van der Waals surface area contributed by atoms with Gasteiger partial charge in [0.1, 0.15) is 6.33 Å². The van der Waals surface area contributed by atoms with Gasteiger partial charge in [0.15, 0.2) is 17.4 Å². The Morgan fingerprint density at radius 3 is 2.67 bits per heavy atom. The molecule has 2 aromatic heterocycles. The van der Waals surface area contributed by atoms with E-state index in [9.17, 15) is 4.39 Å². The maximum Gasteiger partial charge on any atom is 0.225 e. The van der Waals surface area contributed by atoms with Crippen LogP contribution in [0.4, 0.5) is 16.2 Å². The minimum atomic E-state index is -0.365. The summed E-state index contributed by atoms with van der Waals surface area (Å²) in [5, 5.41) is 0. The minimum absolute atomic E-state index is 0.217. The molecule has 2 saturated heterocycles. The SMILES string of the molecule is COc1cnc(N2CCC3CCN(c4ncncc4F)C3C2)nc1. The lowest BCUT2D eigenvalue weighted by molar-refractivity contribution is 0.383. The van der Waals surface area contributed by atoms with Gasteiger partial charge in [-0.1, -0.05) is 0 Å². The lowest BCUT2D eigenvalue weighted by Crippen LogP contribution is -2.49. The normalized spacial score (nSPS) is 23.2. The standard InChI is InChI=1S/C16H19FN6O/c1-24-12-6-19-16(20-7-12)22-4-2-11-3-5-23(14(11)9-22)15-13(17)8-18-10-21-15/h6-8,10-11,14H,2-5,9H2,1H3. The third-order valence-corrected chi connectivity index (χ3v) is 4.92. The van der Waals surface area contributed by atoms with Gasteiger partial charge in [0, 0.05) is 19.6 Å². The van der Waals surface area contributed by atoms with Crippen LogP contribution in [0.2, 0.25) is 0 Å². The Hall–Kier alpha value is -2.51. The van der Waals surface area contributed by atoms with Gasteiger partial charge < -0.3 is 14.5 Å². The summed E-state index contributed by atoms with van der Waals surface area (Å²) in [6.07, 6.45) is 8.08. The Morgan fingerprint density at radius 1 is 1.12 bits per heavy atom. The zero-order valence-corrected chi connectivity index (χ0v) is 13.5. The summed E-state index contributed by atoms with van der Waals surface area (Å²) >= 11 is 0. The van der Waals surface area contributed by atoms with Crippen molar-refractivity contribution >= 4 is 11.8 Å². The lowest BCUT2D eigenvalue weighted by atomic mass is 9.92. The first-order valence-corrected chi connectivity index (χ1v) is 8.09. The summed E-state index contributed by atoms with van der Waals surface area (Å²) in [7, 11) is 1.59. The summed E-state index contributed by atoms with van der Waals surface area (Å²) in [5.41, 5.74) is 0. The number of piperidine rings is 1. The van der Waals surface area contributed by atoms with Gasteiger partial charge in [0.2, 0.25) is 5.95 Å². The molecule has 0 bridgehead atoms. The summed E-state index contributed by atoms with van der Waals surface area (Å²) in [6.45, 7) is 2.49. The van der Waals surface area contributed by atoms with E-state index in [1.54, 1.807) is 19.5 Å². The summed E-state index contributed by atoms with van der Waals surface area (Å²) in [5.74, 6) is 1.91. The fourth-order valence-electron chi connectivity index (χ4n) is 3.68. The molecule has 2 fully saturated rings. The van der Waals surface area contributed by atoms with E-state index in [0.717, 1.165) is 32.5 Å². The first-order chi connectivity index (χ1) is 11.8. The van der Waals surface area contributed by atoms with Gasteiger partial charge in [-0.2, -0.15) is 0 Å². The van der Waals surface area contributed by atoms with Crippen molar-refractivity contribution in [2.45, 2.75) is 18.9 Å². The minimum Gasteiger partial charge on any atom is -0.494 e. The Morgan fingerprint density at radius 2 is 1.92 bits per heavy atom. The molecule has 2 atom stereocenters.